The number of ether oxygens (including phenoxy) is 2. The first-order valence-corrected chi connectivity index (χ1v) is 11.0. The molecule has 0 fully saturated rings. The summed E-state index contributed by atoms with van der Waals surface area (Å²) in [6.07, 6.45) is -1.72. The molecule has 2 aromatic carbocycles. The number of carbonyl (C=O) groups excluding carboxylic acids is 2. The second-order valence-corrected chi connectivity index (χ2v) is 11.2. The van der Waals surface area contributed by atoms with E-state index in [1.54, 1.807) is 47.6 Å². The fraction of sp³-hybridized carbons (Fsp3) is 0.520. The molecule has 182 valence electrons. The summed E-state index contributed by atoms with van der Waals surface area (Å²) in [6, 6.07) is 8.82. The predicted octanol–water partition coefficient (Wildman–Crippen LogP) is 6.18. The van der Waals surface area contributed by atoms with Crippen molar-refractivity contribution >= 4 is 34.3 Å². The lowest BCUT2D eigenvalue weighted by Gasteiger charge is -2.30. The summed E-state index contributed by atoms with van der Waals surface area (Å²) in [6.45, 7) is 17.2. The zero-order chi connectivity index (χ0) is 25.2. The van der Waals surface area contributed by atoms with Crippen molar-refractivity contribution in [1.82, 2.24) is 5.43 Å². The maximum atomic E-state index is 13.2. The van der Waals surface area contributed by atoms with Crippen molar-refractivity contribution in [2.75, 3.05) is 16.9 Å². The van der Waals surface area contributed by atoms with Gasteiger partial charge in [-0.15, -0.1) is 0 Å². The van der Waals surface area contributed by atoms with Crippen LogP contribution in [0.4, 0.5) is 21.0 Å². The van der Waals surface area contributed by atoms with E-state index in [-0.39, 0.29) is 16.9 Å². The number of amides is 2. The number of anilines is 2. The number of fused-ring (bicyclic) bond motifs is 1. The molecule has 8 nitrogen and oxygen atoms in total. The Balaban J connectivity index is 2.66. The van der Waals surface area contributed by atoms with Crippen molar-refractivity contribution in [3.63, 3.8) is 0 Å². The third-order valence-electron chi connectivity index (χ3n) is 4.21. The topological polar surface area (TPSA) is 100 Å². The molecular formula is C25H37N3O5. The van der Waals surface area contributed by atoms with Crippen LogP contribution in [0.15, 0.2) is 30.3 Å². The zero-order valence-electron chi connectivity index (χ0n) is 21.1. The van der Waals surface area contributed by atoms with Gasteiger partial charge in [0, 0.05) is 17.6 Å². The Morgan fingerprint density at radius 2 is 1.52 bits per heavy atom. The molecule has 0 saturated carbocycles. The number of benzene rings is 2. The van der Waals surface area contributed by atoms with Crippen molar-refractivity contribution in [3.8, 4) is 5.75 Å². The number of nitrogens with one attached hydrogen (secondary N) is 2. The minimum absolute atomic E-state index is 0.0151. The van der Waals surface area contributed by atoms with Crippen molar-refractivity contribution in [2.45, 2.75) is 73.5 Å². The number of aromatic hydroxyl groups is 1. The second kappa shape index (κ2) is 9.37. The van der Waals surface area contributed by atoms with Gasteiger partial charge in [-0.25, -0.2) is 15.0 Å². The van der Waals surface area contributed by atoms with E-state index in [9.17, 15) is 14.7 Å². The number of hydrogen-bond acceptors (Lipinski definition) is 6. The van der Waals surface area contributed by atoms with E-state index in [2.05, 4.69) is 31.5 Å². The molecule has 0 atom stereocenters. The normalized spacial score (nSPS) is 12.3. The van der Waals surface area contributed by atoms with Gasteiger partial charge in [0.1, 0.15) is 22.6 Å². The highest BCUT2D eigenvalue weighted by atomic mass is 16.6. The van der Waals surface area contributed by atoms with Crippen LogP contribution in [-0.4, -0.2) is 35.0 Å². The average molecular weight is 460 g/mol. The Hall–Kier alpha value is -3.16. The maximum absolute atomic E-state index is 13.2. The number of carbonyl (C=O) groups is 2. The molecule has 0 aliphatic carbocycles. The van der Waals surface area contributed by atoms with Gasteiger partial charge >= 0.3 is 12.2 Å². The molecule has 0 bridgehead atoms. The maximum Gasteiger partial charge on any atom is 0.434 e. The first-order chi connectivity index (χ1) is 15.0. The molecule has 2 aromatic rings. The number of hydrogen-bond donors (Lipinski definition) is 3. The van der Waals surface area contributed by atoms with Crippen LogP contribution in [-0.2, 0) is 9.47 Å². The van der Waals surface area contributed by atoms with Gasteiger partial charge in [0.15, 0.2) is 0 Å². The minimum atomic E-state index is -0.859. The van der Waals surface area contributed by atoms with Crippen LogP contribution >= 0.6 is 0 Å². The highest BCUT2D eigenvalue weighted by Gasteiger charge is 2.31. The summed E-state index contributed by atoms with van der Waals surface area (Å²) in [5.74, 6) is -0.200. The summed E-state index contributed by atoms with van der Waals surface area (Å²) in [7, 11) is 0. The third kappa shape index (κ3) is 7.73. The van der Waals surface area contributed by atoms with E-state index in [1.165, 1.54) is 6.07 Å². The Morgan fingerprint density at radius 3 is 2.06 bits per heavy atom. The smallest absolute Gasteiger partial charge is 0.434 e. The number of phenols is 1. The van der Waals surface area contributed by atoms with Crippen LogP contribution in [0.3, 0.4) is 0 Å². The molecule has 3 N–H and O–H groups in total. The lowest BCUT2D eigenvalue weighted by atomic mass is 9.96. The molecule has 8 heteroatoms. The standard InChI is InChI=1S/C25H37N3O5/c1-23(2,3)15-26-17-12-10-11-16-13-14-18(29)20(19(16)17)28(22(31)33-25(7,8)9)27-21(30)32-24(4,5)6/h10-14,26,29H,15H2,1-9H3,(H,27,30). The first-order valence-electron chi connectivity index (χ1n) is 11.0. The highest BCUT2D eigenvalue weighted by Crippen LogP contribution is 2.40. The summed E-state index contributed by atoms with van der Waals surface area (Å²) in [4.78, 5) is 25.8. The lowest BCUT2D eigenvalue weighted by Crippen LogP contribution is -2.50. The first kappa shape index (κ1) is 26.1. The van der Waals surface area contributed by atoms with Crippen molar-refractivity contribution < 1.29 is 24.2 Å². The summed E-state index contributed by atoms with van der Waals surface area (Å²) < 4.78 is 10.9. The number of hydrazine groups is 1. The van der Waals surface area contributed by atoms with E-state index in [4.69, 9.17) is 9.47 Å². The summed E-state index contributed by atoms with van der Waals surface area (Å²) in [5.41, 5.74) is 1.61. The molecule has 0 aliphatic heterocycles. The molecule has 2 rings (SSSR count). The number of rotatable bonds is 3. The highest BCUT2D eigenvalue weighted by molar-refractivity contribution is 6.10. The molecule has 0 radical (unpaired) electrons. The van der Waals surface area contributed by atoms with E-state index in [1.807, 2.05) is 18.2 Å². The monoisotopic (exact) mass is 459 g/mol. The van der Waals surface area contributed by atoms with Gasteiger partial charge in [-0.3, -0.25) is 0 Å². The third-order valence-corrected chi connectivity index (χ3v) is 4.21. The van der Waals surface area contributed by atoms with Gasteiger partial charge in [-0.05, 0) is 64.5 Å². The minimum Gasteiger partial charge on any atom is -0.506 e. The number of phenolic OH excluding ortho intramolecular Hbond substituents is 1. The van der Waals surface area contributed by atoms with E-state index >= 15 is 0 Å². The number of nitrogens with zero attached hydrogens (tertiary/aromatic N) is 1. The van der Waals surface area contributed by atoms with Crippen LogP contribution < -0.4 is 15.8 Å². The van der Waals surface area contributed by atoms with Gasteiger partial charge in [0.25, 0.3) is 0 Å². The van der Waals surface area contributed by atoms with Gasteiger partial charge in [0.05, 0.1) is 0 Å². The quantitative estimate of drug-likeness (QED) is 0.474. The van der Waals surface area contributed by atoms with Crippen LogP contribution in [0, 0.1) is 5.41 Å². The van der Waals surface area contributed by atoms with Crippen molar-refractivity contribution in [1.29, 1.82) is 0 Å². The largest absolute Gasteiger partial charge is 0.506 e. The van der Waals surface area contributed by atoms with Gasteiger partial charge < -0.3 is 19.9 Å². The van der Waals surface area contributed by atoms with Crippen LogP contribution in [0.2, 0.25) is 0 Å². The zero-order valence-corrected chi connectivity index (χ0v) is 21.1. The van der Waals surface area contributed by atoms with Crippen LogP contribution in [0.25, 0.3) is 10.8 Å². The predicted molar refractivity (Wildman–Crippen MR) is 132 cm³/mol. The SMILES string of the molecule is CC(C)(C)CNc1cccc2ccc(O)c(N(NC(=O)OC(C)(C)C)C(=O)OC(C)(C)C)c12. The Bertz CT molecular complexity index is 1010. The molecule has 33 heavy (non-hydrogen) atoms. The Morgan fingerprint density at radius 1 is 0.909 bits per heavy atom. The van der Waals surface area contributed by atoms with Gasteiger partial charge in [-0.2, -0.15) is 5.01 Å². The fourth-order valence-electron chi connectivity index (χ4n) is 2.98. The molecule has 0 aliphatic rings. The Labute approximate surface area is 196 Å². The molecule has 0 aromatic heterocycles. The summed E-state index contributed by atoms with van der Waals surface area (Å²) in [5, 5.41) is 16.5. The average Bonchev–Trinajstić information content (AvgIpc) is 2.61. The molecule has 0 unspecified atom stereocenters. The molecule has 0 spiro atoms. The van der Waals surface area contributed by atoms with Gasteiger partial charge in [0.2, 0.25) is 0 Å². The molecule has 0 heterocycles. The summed E-state index contributed by atoms with van der Waals surface area (Å²) >= 11 is 0. The van der Waals surface area contributed by atoms with Gasteiger partial charge in [-0.1, -0.05) is 39.0 Å². The fourth-order valence-corrected chi connectivity index (χ4v) is 2.98. The second-order valence-electron chi connectivity index (χ2n) is 11.2. The van der Waals surface area contributed by atoms with Crippen molar-refractivity contribution in [2.24, 2.45) is 5.41 Å². The van der Waals surface area contributed by atoms with E-state index < -0.39 is 23.4 Å². The van der Waals surface area contributed by atoms with E-state index in [0.29, 0.717) is 17.6 Å². The lowest BCUT2D eigenvalue weighted by molar-refractivity contribution is 0.0425. The molecule has 0 saturated heterocycles. The van der Waals surface area contributed by atoms with E-state index in [0.717, 1.165) is 10.4 Å². The molecular weight excluding hydrogens is 422 g/mol. The van der Waals surface area contributed by atoms with Crippen molar-refractivity contribution in [3.05, 3.63) is 30.3 Å². The molecule has 2 amide bonds. The van der Waals surface area contributed by atoms with Crippen LogP contribution in [0.1, 0.15) is 62.3 Å². The Kier molecular flexibility index (Phi) is 7.41. The van der Waals surface area contributed by atoms with Crippen LogP contribution in [0.5, 0.6) is 5.75 Å².